The lowest BCUT2D eigenvalue weighted by atomic mass is 10.1. The first-order valence-electron chi connectivity index (χ1n) is 6.64. The molecule has 0 saturated carbocycles. The van der Waals surface area contributed by atoms with Gasteiger partial charge in [-0.1, -0.05) is 29.8 Å². The molecule has 0 unspecified atom stereocenters. The summed E-state index contributed by atoms with van der Waals surface area (Å²) in [6, 6.07) is 14.8. The van der Waals surface area contributed by atoms with E-state index in [1.54, 1.807) is 18.2 Å². The van der Waals surface area contributed by atoms with Crippen LogP contribution in [0.4, 0.5) is 5.69 Å². The second kappa shape index (κ2) is 6.92. The quantitative estimate of drug-likeness (QED) is 0.924. The van der Waals surface area contributed by atoms with Crippen LogP contribution in [0, 0.1) is 18.3 Å². The molecule has 1 N–H and O–H groups in total. The molecule has 1 amide bonds. The van der Waals surface area contributed by atoms with Gasteiger partial charge in [0.15, 0.2) is 0 Å². The highest BCUT2D eigenvalue weighted by Crippen LogP contribution is 2.23. The van der Waals surface area contributed by atoms with Crippen LogP contribution < -0.4 is 5.32 Å². The molecule has 3 nitrogen and oxygen atoms in total. The minimum atomic E-state index is -0.0512. The van der Waals surface area contributed by atoms with Gasteiger partial charge in [0, 0.05) is 17.1 Å². The smallest absolute Gasteiger partial charge is 0.224 e. The van der Waals surface area contributed by atoms with Gasteiger partial charge in [-0.15, -0.1) is 0 Å². The van der Waals surface area contributed by atoms with Crippen molar-refractivity contribution in [3.8, 4) is 6.07 Å². The first kappa shape index (κ1) is 15.1. The van der Waals surface area contributed by atoms with Crippen LogP contribution in [0.3, 0.4) is 0 Å². The Morgan fingerprint density at radius 2 is 1.95 bits per heavy atom. The Morgan fingerprint density at radius 3 is 2.62 bits per heavy atom. The molecule has 0 aliphatic carbocycles. The molecule has 21 heavy (non-hydrogen) atoms. The Balaban J connectivity index is 1.93. The summed E-state index contributed by atoms with van der Waals surface area (Å²) >= 11 is 6.02. The van der Waals surface area contributed by atoms with Gasteiger partial charge in [0.1, 0.15) is 0 Å². The molecular formula is C17H15ClN2O. The molecule has 4 heteroatoms. The first-order chi connectivity index (χ1) is 10.1. The fourth-order valence-electron chi connectivity index (χ4n) is 1.96. The third kappa shape index (κ3) is 4.08. The van der Waals surface area contributed by atoms with Crippen LogP contribution in [0.25, 0.3) is 0 Å². The minimum Gasteiger partial charge on any atom is -0.326 e. The number of hydrogen-bond donors (Lipinski definition) is 1. The molecule has 0 saturated heterocycles. The molecule has 0 aliphatic rings. The van der Waals surface area contributed by atoms with E-state index < -0.39 is 0 Å². The summed E-state index contributed by atoms with van der Waals surface area (Å²) in [7, 11) is 0. The second-order valence-electron chi connectivity index (χ2n) is 4.77. The van der Waals surface area contributed by atoms with Crippen LogP contribution >= 0.6 is 11.6 Å². The number of rotatable bonds is 4. The number of carbonyl (C=O) groups excluding carboxylic acids is 1. The van der Waals surface area contributed by atoms with E-state index in [1.807, 2.05) is 31.2 Å². The van der Waals surface area contributed by atoms with Crippen molar-refractivity contribution in [2.24, 2.45) is 0 Å². The highest BCUT2D eigenvalue weighted by atomic mass is 35.5. The van der Waals surface area contributed by atoms with E-state index in [1.165, 1.54) is 0 Å². The van der Waals surface area contributed by atoms with Crippen molar-refractivity contribution in [1.82, 2.24) is 0 Å². The molecule has 0 atom stereocenters. The maximum atomic E-state index is 12.0. The van der Waals surface area contributed by atoms with E-state index in [9.17, 15) is 4.79 Å². The summed E-state index contributed by atoms with van der Waals surface area (Å²) in [6.45, 7) is 1.87. The molecule has 0 spiro atoms. The van der Waals surface area contributed by atoms with Crippen molar-refractivity contribution >= 4 is 23.2 Å². The maximum absolute atomic E-state index is 12.0. The number of nitrogens with zero attached hydrogens (tertiary/aromatic N) is 1. The van der Waals surface area contributed by atoms with Crippen molar-refractivity contribution in [3.05, 3.63) is 64.2 Å². The number of halogens is 1. The topological polar surface area (TPSA) is 52.9 Å². The maximum Gasteiger partial charge on any atom is 0.224 e. The van der Waals surface area contributed by atoms with Crippen LogP contribution in [0.1, 0.15) is 23.1 Å². The molecule has 0 radical (unpaired) electrons. The fourth-order valence-corrected chi connectivity index (χ4v) is 2.13. The molecule has 106 valence electrons. The first-order valence-corrected chi connectivity index (χ1v) is 7.02. The van der Waals surface area contributed by atoms with E-state index in [-0.39, 0.29) is 5.91 Å². The summed E-state index contributed by atoms with van der Waals surface area (Å²) in [5.74, 6) is -0.0512. The van der Waals surface area contributed by atoms with Crippen LogP contribution in [-0.4, -0.2) is 5.91 Å². The summed E-state index contributed by atoms with van der Waals surface area (Å²) in [4.78, 5) is 12.0. The Hall–Kier alpha value is -2.31. The summed E-state index contributed by atoms with van der Waals surface area (Å²) in [6.07, 6.45) is 1.02. The number of aryl methyl sites for hydroxylation is 1. The van der Waals surface area contributed by atoms with Crippen LogP contribution in [-0.2, 0) is 11.2 Å². The van der Waals surface area contributed by atoms with Crippen molar-refractivity contribution < 1.29 is 4.79 Å². The average Bonchev–Trinajstić information content (AvgIpc) is 2.50. The number of amides is 1. The second-order valence-corrected chi connectivity index (χ2v) is 5.18. The van der Waals surface area contributed by atoms with E-state index in [4.69, 9.17) is 16.9 Å². The zero-order valence-electron chi connectivity index (χ0n) is 11.7. The number of anilines is 1. The lowest BCUT2D eigenvalue weighted by molar-refractivity contribution is -0.116. The Bertz CT molecular complexity index is 687. The Labute approximate surface area is 129 Å². The number of benzene rings is 2. The monoisotopic (exact) mass is 298 g/mol. The van der Waals surface area contributed by atoms with Gasteiger partial charge in [-0.3, -0.25) is 4.79 Å². The highest BCUT2D eigenvalue weighted by molar-refractivity contribution is 6.31. The number of hydrogen-bond acceptors (Lipinski definition) is 2. The van der Waals surface area contributed by atoms with Gasteiger partial charge in [-0.25, -0.2) is 0 Å². The van der Waals surface area contributed by atoms with E-state index >= 15 is 0 Å². The molecule has 0 heterocycles. The molecule has 0 fully saturated rings. The van der Waals surface area contributed by atoms with Gasteiger partial charge < -0.3 is 5.32 Å². The lowest BCUT2D eigenvalue weighted by Gasteiger charge is -2.09. The number of nitriles is 1. The normalized spacial score (nSPS) is 9.95. The molecular weight excluding hydrogens is 284 g/mol. The van der Waals surface area contributed by atoms with E-state index in [0.717, 1.165) is 16.8 Å². The highest BCUT2D eigenvalue weighted by Gasteiger charge is 2.07. The molecule has 0 aliphatic heterocycles. The fraction of sp³-hybridized carbons (Fsp3) is 0.176. The van der Waals surface area contributed by atoms with Gasteiger partial charge in [-0.05, 0) is 48.7 Å². The predicted octanol–water partition coefficient (Wildman–Crippen LogP) is 4.09. The van der Waals surface area contributed by atoms with Crippen molar-refractivity contribution in [3.63, 3.8) is 0 Å². The molecule has 2 aromatic rings. The van der Waals surface area contributed by atoms with Crippen LogP contribution in [0.5, 0.6) is 0 Å². The van der Waals surface area contributed by atoms with Crippen molar-refractivity contribution in [2.75, 3.05) is 5.32 Å². The Kier molecular flexibility index (Phi) is 4.97. The van der Waals surface area contributed by atoms with Gasteiger partial charge in [0.2, 0.25) is 5.91 Å². The minimum absolute atomic E-state index is 0.0512. The predicted molar refractivity (Wildman–Crippen MR) is 84.3 cm³/mol. The third-order valence-corrected chi connectivity index (χ3v) is 3.68. The molecule has 0 aromatic heterocycles. The third-order valence-electron chi connectivity index (χ3n) is 3.27. The number of carbonyl (C=O) groups is 1. The summed E-state index contributed by atoms with van der Waals surface area (Å²) in [5, 5.41) is 12.2. The van der Waals surface area contributed by atoms with Gasteiger partial charge in [-0.2, -0.15) is 5.26 Å². The van der Waals surface area contributed by atoms with Gasteiger partial charge in [0.05, 0.1) is 11.6 Å². The van der Waals surface area contributed by atoms with Crippen LogP contribution in [0.2, 0.25) is 5.02 Å². The zero-order valence-corrected chi connectivity index (χ0v) is 12.4. The average molecular weight is 299 g/mol. The van der Waals surface area contributed by atoms with Gasteiger partial charge >= 0.3 is 0 Å². The number of nitrogens with one attached hydrogen (secondary N) is 1. The molecule has 0 bridgehead atoms. The molecule has 2 rings (SSSR count). The van der Waals surface area contributed by atoms with Crippen LogP contribution in [0.15, 0.2) is 42.5 Å². The lowest BCUT2D eigenvalue weighted by Crippen LogP contribution is -2.13. The van der Waals surface area contributed by atoms with E-state index in [2.05, 4.69) is 11.4 Å². The zero-order chi connectivity index (χ0) is 15.2. The Morgan fingerprint density at radius 1 is 1.24 bits per heavy atom. The largest absolute Gasteiger partial charge is 0.326 e. The SMILES string of the molecule is Cc1c(Cl)cccc1NC(=O)CCc1ccc(C#N)cc1. The van der Waals surface area contributed by atoms with Crippen molar-refractivity contribution in [2.45, 2.75) is 19.8 Å². The summed E-state index contributed by atoms with van der Waals surface area (Å²) < 4.78 is 0. The molecule has 2 aromatic carbocycles. The van der Waals surface area contributed by atoms with Gasteiger partial charge in [0.25, 0.3) is 0 Å². The standard InChI is InChI=1S/C17H15ClN2O/c1-12-15(18)3-2-4-16(12)20-17(21)10-9-13-5-7-14(11-19)8-6-13/h2-8H,9-10H2,1H3,(H,20,21). The summed E-state index contributed by atoms with van der Waals surface area (Å²) in [5.41, 5.74) is 3.27. The van der Waals surface area contributed by atoms with E-state index in [0.29, 0.717) is 23.4 Å². The van der Waals surface area contributed by atoms with Crippen molar-refractivity contribution in [1.29, 1.82) is 5.26 Å².